The van der Waals surface area contributed by atoms with Crippen LogP contribution < -0.4 is 5.32 Å². The highest BCUT2D eigenvalue weighted by Gasteiger charge is 2.32. The Labute approximate surface area is 118 Å². The summed E-state index contributed by atoms with van der Waals surface area (Å²) in [6.45, 7) is 1.40. The molecule has 0 aromatic carbocycles. The number of likely N-dealkylation sites (tertiary alicyclic amines) is 1. The van der Waals surface area contributed by atoms with Gasteiger partial charge in [-0.3, -0.25) is 14.6 Å². The molecular formula is C15H19N3O2. The average molecular weight is 273 g/mol. The van der Waals surface area contributed by atoms with E-state index in [2.05, 4.69) is 10.3 Å². The smallest absolute Gasteiger partial charge is 0.255 e. The van der Waals surface area contributed by atoms with Crippen LogP contribution in [0.3, 0.4) is 0 Å². The molecule has 5 nitrogen and oxygen atoms in total. The molecule has 20 heavy (non-hydrogen) atoms. The van der Waals surface area contributed by atoms with Crippen LogP contribution in [0.5, 0.6) is 0 Å². The molecule has 1 aliphatic carbocycles. The molecule has 2 aliphatic rings. The van der Waals surface area contributed by atoms with E-state index < -0.39 is 0 Å². The fraction of sp³-hybridized carbons (Fsp3) is 0.533. The Hall–Kier alpha value is -1.91. The normalized spacial score (nSPS) is 19.7. The predicted molar refractivity (Wildman–Crippen MR) is 74.0 cm³/mol. The van der Waals surface area contributed by atoms with E-state index in [-0.39, 0.29) is 23.8 Å². The molecule has 1 aliphatic heterocycles. The standard InChI is InChI=1S/C15H19N3O2/c19-14(11-3-4-11)17-13-5-8-18(9-6-13)15(20)12-2-1-7-16-10-12/h1-2,7,10-11,13H,3-6,8-9H2,(H,17,19). The van der Waals surface area contributed by atoms with Crippen molar-refractivity contribution in [3.8, 4) is 0 Å². The number of aromatic nitrogens is 1. The number of amides is 2. The van der Waals surface area contributed by atoms with Crippen LogP contribution in [0.2, 0.25) is 0 Å². The maximum Gasteiger partial charge on any atom is 0.255 e. The molecule has 2 fully saturated rings. The Balaban J connectivity index is 1.50. The molecule has 0 unspecified atom stereocenters. The van der Waals surface area contributed by atoms with E-state index in [9.17, 15) is 9.59 Å². The lowest BCUT2D eigenvalue weighted by molar-refractivity contribution is -0.123. The van der Waals surface area contributed by atoms with E-state index >= 15 is 0 Å². The van der Waals surface area contributed by atoms with Crippen molar-refractivity contribution < 1.29 is 9.59 Å². The average Bonchev–Trinajstić information content (AvgIpc) is 3.33. The molecule has 1 saturated carbocycles. The van der Waals surface area contributed by atoms with Crippen LogP contribution >= 0.6 is 0 Å². The van der Waals surface area contributed by atoms with Gasteiger partial charge >= 0.3 is 0 Å². The van der Waals surface area contributed by atoms with Crippen LogP contribution in [0.15, 0.2) is 24.5 Å². The fourth-order valence-corrected chi connectivity index (χ4v) is 2.56. The third-order valence-corrected chi connectivity index (χ3v) is 3.99. The van der Waals surface area contributed by atoms with E-state index in [1.54, 1.807) is 24.5 Å². The third-order valence-electron chi connectivity index (χ3n) is 3.99. The molecule has 0 spiro atoms. The lowest BCUT2D eigenvalue weighted by atomic mass is 10.0. The van der Waals surface area contributed by atoms with Crippen LogP contribution in [0.25, 0.3) is 0 Å². The first kappa shape index (κ1) is 13.1. The Morgan fingerprint density at radius 1 is 1.20 bits per heavy atom. The Morgan fingerprint density at radius 3 is 2.55 bits per heavy atom. The zero-order valence-corrected chi connectivity index (χ0v) is 11.4. The minimum atomic E-state index is 0.0325. The second kappa shape index (κ2) is 5.61. The van der Waals surface area contributed by atoms with Gasteiger partial charge in [-0.2, -0.15) is 0 Å². The number of nitrogens with zero attached hydrogens (tertiary/aromatic N) is 2. The van der Waals surface area contributed by atoms with E-state index in [0.717, 1.165) is 25.7 Å². The van der Waals surface area contributed by atoms with Gasteiger partial charge in [0.05, 0.1) is 5.56 Å². The number of carbonyl (C=O) groups is 2. The largest absolute Gasteiger partial charge is 0.353 e. The molecule has 1 N–H and O–H groups in total. The number of hydrogen-bond donors (Lipinski definition) is 1. The highest BCUT2D eigenvalue weighted by atomic mass is 16.2. The molecule has 2 heterocycles. The van der Waals surface area contributed by atoms with Gasteiger partial charge in [-0.05, 0) is 37.8 Å². The second-order valence-corrected chi connectivity index (χ2v) is 5.59. The maximum absolute atomic E-state index is 12.2. The quantitative estimate of drug-likeness (QED) is 0.900. The Morgan fingerprint density at radius 2 is 1.95 bits per heavy atom. The van der Waals surface area contributed by atoms with E-state index in [0.29, 0.717) is 18.7 Å². The van der Waals surface area contributed by atoms with E-state index in [4.69, 9.17) is 0 Å². The molecule has 1 aromatic heterocycles. The molecular weight excluding hydrogens is 254 g/mol. The lowest BCUT2D eigenvalue weighted by Gasteiger charge is -2.32. The van der Waals surface area contributed by atoms with Crippen LogP contribution in [0.4, 0.5) is 0 Å². The SMILES string of the molecule is O=C(NC1CCN(C(=O)c2cccnc2)CC1)C1CC1. The fourth-order valence-electron chi connectivity index (χ4n) is 2.56. The first-order valence-corrected chi connectivity index (χ1v) is 7.24. The topological polar surface area (TPSA) is 62.3 Å². The van der Waals surface area contributed by atoms with Gasteiger partial charge in [-0.15, -0.1) is 0 Å². The number of hydrogen-bond acceptors (Lipinski definition) is 3. The summed E-state index contributed by atoms with van der Waals surface area (Å²) in [4.78, 5) is 29.8. The molecule has 0 radical (unpaired) electrons. The van der Waals surface area contributed by atoms with Crippen LogP contribution in [-0.4, -0.2) is 40.8 Å². The van der Waals surface area contributed by atoms with Gasteiger partial charge in [0.25, 0.3) is 5.91 Å². The van der Waals surface area contributed by atoms with Crippen LogP contribution in [0, 0.1) is 5.92 Å². The van der Waals surface area contributed by atoms with Crippen LogP contribution in [-0.2, 0) is 4.79 Å². The molecule has 106 valence electrons. The van der Waals surface area contributed by atoms with Crippen molar-refractivity contribution in [1.29, 1.82) is 0 Å². The maximum atomic E-state index is 12.2. The van der Waals surface area contributed by atoms with E-state index in [1.165, 1.54) is 0 Å². The number of nitrogens with one attached hydrogen (secondary N) is 1. The highest BCUT2D eigenvalue weighted by Crippen LogP contribution is 2.29. The predicted octanol–water partition coefficient (Wildman–Crippen LogP) is 1.21. The molecule has 1 saturated heterocycles. The van der Waals surface area contributed by atoms with Gasteiger partial charge in [-0.25, -0.2) is 0 Å². The van der Waals surface area contributed by atoms with Gasteiger partial charge in [0, 0.05) is 37.4 Å². The summed E-state index contributed by atoms with van der Waals surface area (Å²) in [6, 6.07) is 3.78. The second-order valence-electron chi connectivity index (χ2n) is 5.59. The number of piperidine rings is 1. The van der Waals surface area contributed by atoms with Crippen molar-refractivity contribution in [2.24, 2.45) is 5.92 Å². The minimum absolute atomic E-state index is 0.0325. The van der Waals surface area contributed by atoms with Gasteiger partial charge in [0.1, 0.15) is 0 Å². The van der Waals surface area contributed by atoms with Crippen molar-refractivity contribution in [3.63, 3.8) is 0 Å². The zero-order chi connectivity index (χ0) is 13.9. The molecule has 3 rings (SSSR count). The summed E-state index contributed by atoms with van der Waals surface area (Å²) in [7, 11) is 0. The Kier molecular flexibility index (Phi) is 3.67. The molecule has 0 bridgehead atoms. The molecule has 1 aromatic rings. The summed E-state index contributed by atoms with van der Waals surface area (Å²) < 4.78 is 0. The number of carbonyl (C=O) groups excluding carboxylic acids is 2. The van der Waals surface area contributed by atoms with Crippen molar-refractivity contribution in [2.45, 2.75) is 31.7 Å². The van der Waals surface area contributed by atoms with Gasteiger partial charge in [-0.1, -0.05) is 0 Å². The monoisotopic (exact) mass is 273 g/mol. The molecule has 5 heteroatoms. The number of pyridine rings is 1. The van der Waals surface area contributed by atoms with Crippen molar-refractivity contribution in [1.82, 2.24) is 15.2 Å². The van der Waals surface area contributed by atoms with Crippen LogP contribution in [0.1, 0.15) is 36.0 Å². The van der Waals surface area contributed by atoms with Crippen molar-refractivity contribution >= 4 is 11.8 Å². The summed E-state index contributed by atoms with van der Waals surface area (Å²) in [5.41, 5.74) is 0.632. The van der Waals surface area contributed by atoms with Gasteiger partial charge < -0.3 is 10.2 Å². The zero-order valence-electron chi connectivity index (χ0n) is 11.4. The van der Waals surface area contributed by atoms with Gasteiger partial charge in [0.15, 0.2) is 0 Å². The Bertz CT molecular complexity index is 491. The highest BCUT2D eigenvalue weighted by molar-refractivity contribution is 5.93. The van der Waals surface area contributed by atoms with Crippen molar-refractivity contribution in [3.05, 3.63) is 30.1 Å². The third kappa shape index (κ3) is 2.98. The van der Waals surface area contributed by atoms with E-state index in [1.807, 2.05) is 4.90 Å². The molecule has 2 amide bonds. The van der Waals surface area contributed by atoms with Gasteiger partial charge in [0.2, 0.25) is 5.91 Å². The number of rotatable bonds is 3. The minimum Gasteiger partial charge on any atom is -0.353 e. The lowest BCUT2D eigenvalue weighted by Crippen LogP contribution is -2.46. The summed E-state index contributed by atoms with van der Waals surface area (Å²) >= 11 is 0. The first-order chi connectivity index (χ1) is 9.74. The van der Waals surface area contributed by atoms with Crippen molar-refractivity contribution in [2.75, 3.05) is 13.1 Å². The molecule has 0 atom stereocenters. The summed E-state index contributed by atoms with van der Waals surface area (Å²) in [5, 5.41) is 3.09. The first-order valence-electron chi connectivity index (χ1n) is 7.24. The summed E-state index contributed by atoms with van der Waals surface area (Å²) in [5.74, 6) is 0.483. The summed E-state index contributed by atoms with van der Waals surface area (Å²) in [6.07, 6.45) is 7.00.